The zero-order valence-corrected chi connectivity index (χ0v) is 20.0. The molecule has 0 saturated heterocycles. The summed E-state index contributed by atoms with van der Waals surface area (Å²) < 4.78 is 28.4. The second-order valence-electron chi connectivity index (χ2n) is 6.87. The lowest BCUT2D eigenvalue weighted by molar-refractivity contribution is 0.0977. The fourth-order valence-corrected chi connectivity index (χ4v) is 5.72. The number of nitrogens with one attached hydrogen (secondary N) is 2. The Hall–Kier alpha value is -2.50. The SMILES string of the molecule is O=C(NC(=S)Nc1ccc(S(=O)(=O)N2CCc3ccccc32)cc1)c1ccccc1I. The normalized spacial score (nSPS) is 12.9. The number of carbonyl (C=O) groups is 1. The highest BCUT2D eigenvalue weighted by Gasteiger charge is 2.30. The van der Waals surface area contributed by atoms with Crippen LogP contribution in [0.15, 0.2) is 77.7 Å². The van der Waals surface area contributed by atoms with Crippen molar-refractivity contribution < 1.29 is 13.2 Å². The van der Waals surface area contributed by atoms with Crippen molar-refractivity contribution in [3.8, 4) is 0 Å². The Labute approximate surface area is 199 Å². The monoisotopic (exact) mass is 563 g/mol. The molecule has 0 aliphatic carbocycles. The minimum atomic E-state index is -3.65. The molecule has 0 atom stereocenters. The third kappa shape index (κ3) is 4.58. The van der Waals surface area contributed by atoms with Crippen molar-refractivity contribution in [3.63, 3.8) is 0 Å². The van der Waals surface area contributed by atoms with Gasteiger partial charge in [-0.1, -0.05) is 30.3 Å². The van der Waals surface area contributed by atoms with Crippen molar-refractivity contribution in [2.24, 2.45) is 0 Å². The smallest absolute Gasteiger partial charge is 0.264 e. The van der Waals surface area contributed by atoms with E-state index >= 15 is 0 Å². The number of anilines is 2. The van der Waals surface area contributed by atoms with Crippen LogP contribution >= 0.6 is 34.8 Å². The minimum Gasteiger partial charge on any atom is -0.332 e. The van der Waals surface area contributed by atoms with Crippen molar-refractivity contribution in [1.29, 1.82) is 0 Å². The lowest BCUT2D eigenvalue weighted by Gasteiger charge is -2.19. The molecule has 0 unspecified atom stereocenters. The first kappa shape index (κ1) is 21.7. The summed E-state index contributed by atoms with van der Waals surface area (Å²) in [6.45, 7) is 0.427. The highest BCUT2D eigenvalue weighted by atomic mass is 127. The molecular formula is C22H18IN3O3S2. The predicted octanol–water partition coefficient (Wildman–Crippen LogP) is 4.17. The van der Waals surface area contributed by atoms with Gasteiger partial charge < -0.3 is 5.32 Å². The molecule has 1 heterocycles. The standard InChI is InChI=1S/C22H18IN3O3S2/c23-19-7-3-2-6-18(19)21(27)25-22(30)24-16-9-11-17(12-10-16)31(28,29)26-14-13-15-5-1-4-8-20(15)26/h1-12H,13-14H2,(H2,24,25,27,30). The number of sulfonamides is 1. The molecule has 158 valence electrons. The number of fused-ring (bicyclic) bond motifs is 1. The zero-order chi connectivity index (χ0) is 22.0. The first-order valence-corrected chi connectivity index (χ1v) is 12.4. The lowest BCUT2D eigenvalue weighted by Crippen LogP contribution is -2.34. The molecule has 0 bridgehead atoms. The molecular weight excluding hydrogens is 545 g/mol. The Balaban J connectivity index is 1.44. The molecule has 0 saturated carbocycles. The molecule has 1 aliphatic heterocycles. The molecule has 1 amide bonds. The van der Waals surface area contributed by atoms with E-state index in [1.54, 1.807) is 24.3 Å². The maximum absolute atomic E-state index is 13.1. The summed E-state index contributed by atoms with van der Waals surface area (Å²) in [6.07, 6.45) is 0.698. The third-order valence-corrected chi connectivity index (χ3v) is 7.86. The molecule has 31 heavy (non-hydrogen) atoms. The number of amides is 1. The van der Waals surface area contributed by atoms with Crippen LogP contribution in [0.1, 0.15) is 15.9 Å². The van der Waals surface area contributed by atoms with Gasteiger partial charge in [-0.15, -0.1) is 0 Å². The Bertz CT molecular complexity index is 1260. The van der Waals surface area contributed by atoms with Gasteiger partial charge in [0.25, 0.3) is 15.9 Å². The van der Waals surface area contributed by atoms with Gasteiger partial charge in [0.05, 0.1) is 16.1 Å². The van der Waals surface area contributed by atoms with Gasteiger partial charge in [-0.05, 0) is 89.3 Å². The zero-order valence-electron chi connectivity index (χ0n) is 16.2. The number of halogens is 1. The van der Waals surface area contributed by atoms with E-state index < -0.39 is 10.0 Å². The highest BCUT2D eigenvalue weighted by molar-refractivity contribution is 14.1. The lowest BCUT2D eigenvalue weighted by atomic mass is 10.2. The van der Waals surface area contributed by atoms with E-state index in [0.29, 0.717) is 24.2 Å². The van der Waals surface area contributed by atoms with Gasteiger partial charge in [-0.2, -0.15) is 0 Å². The maximum atomic E-state index is 13.1. The molecule has 9 heteroatoms. The largest absolute Gasteiger partial charge is 0.332 e. The van der Waals surface area contributed by atoms with Crippen LogP contribution in [0.3, 0.4) is 0 Å². The molecule has 6 nitrogen and oxygen atoms in total. The van der Waals surface area contributed by atoms with Gasteiger partial charge in [-0.25, -0.2) is 8.42 Å². The van der Waals surface area contributed by atoms with E-state index in [9.17, 15) is 13.2 Å². The summed E-state index contributed by atoms with van der Waals surface area (Å²) in [5, 5.41) is 5.68. The third-order valence-electron chi connectivity index (χ3n) is 4.89. The van der Waals surface area contributed by atoms with E-state index in [2.05, 4.69) is 33.2 Å². The number of rotatable bonds is 4. The van der Waals surface area contributed by atoms with Crippen LogP contribution in [0.2, 0.25) is 0 Å². The number of hydrogen-bond acceptors (Lipinski definition) is 4. The van der Waals surface area contributed by atoms with E-state index in [1.807, 2.05) is 36.4 Å². The van der Waals surface area contributed by atoms with Crippen molar-refractivity contribution in [2.45, 2.75) is 11.3 Å². The summed E-state index contributed by atoms with van der Waals surface area (Å²) in [5.74, 6) is -0.311. The number of thiocarbonyl (C=S) groups is 1. The molecule has 2 N–H and O–H groups in total. The highest BCUT2D eigenvalue weighted by Crippen LogP contribution is 2.32. The maximum Gasteiger partial charge on any atom is 0.264 e. The average molecular weight is 563 g/mol. The average Bonchev–Trinajstić information content (AvgIpc) is 3.19. The number of carbonyl (C=O) groups excluding carboxylic acids is 1. The first-order valence-electron chi connectivity index (χ1n) is 9.44. The molecule has 0 fully saturated rings. The molecule has 1 aliphatic rings. The van der Waals surface area contributed by atoms with Crippen molar-refractivity contribution in [3.05, 3.63) is 87.5 Å². The minimum absolute atomic E-state index is 0.133. The van der Waals surface area contributed by atoms with Crippen molar-refractivity contribution >= 4 is 67.2 Å². The fraction of sp³-hybridized carbons (Fsp3) is 0.0909. The molecule has 0 radical (unpaired) electrons. The number of nitrogens with zero attached hydrogens (tertiary/aromatic N) is 1. The van der Waals surface area contributed by atoms with Crippen LogP contribution in [0.25, 0.3) is 0 Å². The number of benzene rings is 3. The Morgan fingerprint density at radius 2 is 1.65 bits per heavy atom. The van der Waals surface area contributed by atoms with Gasteiger partial charge in [0.2, 0.25) is 0 Å². The quantitative estimate of drug-likeness (QED) is 0.368. The van der Waals surface area contributed by atoms with Gasteiger partial charge >= 0.3 is 0 Å². The van der Waals surface area contributed by atoms with Crippen molar-refractivity contribution in [2.75, 3.05) is 16.2 Å². The summed E-state index contributed by atoms with van der Waals surface area (Å²) in [6, 6.07) is 21.0. The van der Waals surface area contributed by atoms with Crippen LogP contribution in [0, 0.1) is 3.57 Å². The molecule has 4 rings (SSSR count). The molecule has 0 aromatic heterocycles. The molecule has 0 spiro atoms. The summed E-state index contributed by atoms with van der Waals surface area (Å²) in [5.41, 5.74) is 2.86. The first-order chi connectivity index (χ1) is 14.9. The van der Waals surface area contributed by atoms with E-state index in [-0.39, 0.29) is 15.9 Å². The van der Waals surface area contributed by atoms with Crippen LogP contribution < -0.4 is 14.9 Å². The van der Waals surface area contributed by atoms with Crippen LogP contribution in [0.4, 0.5) is 11.4 Å². The second kappa shape index (κ2) is 8.93. The van der Waals surface area contributed by atoms with Crippen LogP contribution in [0.5, 0.6) is 0 Å². The Kier molecular flexibility index (Phi) is 6.26. The van der Waals surface area contributed by atoms with Gasteiger partial charge in [0, 0.05) is 15.8 Å². The van der Waals surface area contributed by atoms with E-state index in [0.717, 1.165) is 14.8 Å². The number of para-hydroxylation sites is 1. The second-order valence-corrected chi connectivity index (χ2v) is 10.3. The van der Waals surface area contributed by atoms with E-state index in [1.165, 1.54) is 16.4 Å². The molecule has 3 aromatic rings. The fourth-order valence-electron chi connectivity index (χ4n) is 3.37. The van der Waals surface area contributed by atoms with Crippen LogP contribution in [-0.4, -0.2) is 26.0 Å². The summed E-state index contributed by atoms with van der Waals surface area (Å²) >= 11 is 7.31. The predicted molar refractivity (Wildman–Crippen MR) is 134 cm³/mol. The topological polar surface area (TPSA) is 78.5 Å². The molecule has 3 aromatic carbocycles. The van der Waals surface area contributed by atoms with Gasteiger partial charge in [0.15, 0.2) is 5.11 Å². The summed E-state index contributed by atoms with van der Waals surface area (Å²) in [4.78, 5) is 12.6. The van der Waals surface area contributed by atoms with E-state index in [4.69, 9.17) is 12.2 Å². The van der Waals surface area contributed by atoms with Gasteiger partial charge in [-0.3, -0.25) is 14.4 Å². The van der Waals surface area contributed by atoms with Crippen molar-refractivity contribution in [1.82, 2.24) is 5.32 Å². The Morgan fingerprint density at radius 1 is 0.968 bits per heavy atom. The van der Waals surface area contributed by atoms with Crippen LogP contribution in [-0.2, 0) is 16.4 Å². The summed E-state index contributed by atoms with van der Waals surface area (Å²) in [7, 11) is -3.65. The number of hydrogen-bond donors (Lipinski definition) is 2. The Morgan fingerprint density at radius 3 is 2.39 bits per heavy atom. The van der Waals surface area contributed by atoms with Gasteiger partial charge in [0.1, 0.15) is 0 Å².